The maximum atomic E-state index is 11.5. The lowest BCUT2D eigenvalue weighted by molar-refractivity contribution is 0.0702. The van der Waals surface area contributed by atoms with Crippen LogP contribution in [0, 0.1) is 0 Å². The number of carboxylic acid groups (broad SMARTS) is 1. The Balaban J connectivity index is 2.30. The molecule has 1 aromatic carbocycles. The molecule has 0 aliphatic rings. The highest BCUT2D eigenvalue weighted by molar-refractivity contribution is 7.21. The van der Waals surface area contributed by atoms with Crippen LogP contribution >= 0.6 is 11.3 Å². The van der Waals surface area contributed by atoms with E-state index in [9.17, 15) is 9.59 Å². The van der Waals surface area contributed by atoms with E-state index < -0.39 is 12.1 Å². The molecule has 2 N–H and O–H groups in total. The van der Waals surface area contributed by atoms with Crippen molar-refractivity contribution in [2.45, 2.75) is 0 Å². The van der Waals surface area contributed by atoms with Crippen LogP contribution in [-0.4, -0.2) is 23.8 Å². The number of anilines is 1. The van der Waals surface area contributed by atoms with Crippen LogP contribution in [0.5, 0.6) is 0 Å². The second kappa shape index (κ2) is 5.53. The highest BCUT2D eigenvalue weighted by Gasteiger charge is 2.12. The first-order valence-electron chi connectivity index (χ1n) is 5.42. The molecule has 2 rings (SSSR count). The molecule has 2 aromatic rings. The number of amides is 1. The minimum atomic E-state index is -0.985. The van der Waals surface area contributed by atoms with E-state index in [1.165, 1.54) is 6.08 Å². The first-order valence-corrected chi connectivity index (χ1v) is 6.24. The van der Waals surface area contributed by atoms with Gasteiger partial charge in [0.05, 0.1) is 10.4 Å². The van der Waals surface area contributed by atoms with Crippen molar-refractivity contribution < 1.29 is 19.4 Å². The van der Waals surface area contributed by atoms with Crippen molar-refractivity contribution >= 4 is 39.2 Å². The molecule has 98 valence electrons. The maximum Gasteiger partial charge on any atom is 0.411 e. The first kappa shape index (κ1) is 13.1. The third kappa shape index (κ3) is 2.92. The van der Waals surface area contributed by atoms with Crippen molar-refractivity contribution in [1.29, 1.82) is 0 Å². The van der Waals surface area contributed by atoms with Gasteiger partial charge in [-0.15, -0.1) is 11.3 Å². The predicted octanol–water partition coefficient (Wildman–Crippen LogP) is 3.33. The Hall–Kier alpha value is -2.34. The van der Waals surface area contributed by atoms with Crippen LogP contribution in [0.25, 0.3) is 10.1 Å². The number of benzene rings is 1. The lowest BCUT2D eigenvalue weighted by atomic mass is 10.2. The molecule has 0 aliphatic carbocycles. The molecule has 0 fully saturated rings. The zero-order valence-electron chi connectivity index (χ0n) is 9.88. The largest absolute Gasteiger partial charge is 0.477 e. The molecule has 19 heavy (non-hydrogen) atoms. The van der Waals surface area contributed by atoms with Crippen molar-refractivity contribution in [2.75, 3.05) is 11.9 Å². The average Bonchev–Trinajstić information content (AvgIpc) is 2.81. The molecule has 0 saturated heterocycles. The SMILES string of the molecule is C=CCOC(=O)Nc1cccc2cc(C(=O)O)sc12. The number of fused-ring (bicyclic) bond motifs is 1. The van der Waals surface area contributed by atoms with Crippen LogP contribution in [0.15, 0.2) is 36.9 Å². The second-order valence-corrected chi connectivity index (χ2v) is 4.70. The number of ether oxygens (including phenoxy) is 1. The Kier molecular flexibility index (Phi) is 3.82. The summed E-state index contributed by atoms with van der Waals surface area (Å²) in [4.78, 5) is 22.6. The fraction of sp³-hybridized carbons (Fsp3) is 0.0769. The van der Waals surface area contributed by atoms with E-state index in [0.29, 0.717) is 10.4 Å². The lowest BCUT2D eigenvalue weighted by Crippen LogP contribution is -2.13. The van der Waals surface area contributed by atoms with Gasteiger partial charge in [0, 0.05) is 0 Å². The van der Waals surface area contributed by atoms with Crippen molar-refractivity contribution in [1.82, 2.24) is 0 Å². The minimum absolute atomic E-state index is 0.118. The minimum Gasteiger partial charge on any atom is -0.477 e. The van der Waals surface area contributed by atoms with E-state index in [-0.39, 0.29) is 11.5 Å². The summed E-state index contributed by atoms with van der Waals surface area (Å²) in [5, 5.41) is 12.3. The molecule has 0 bridgehead atoms. The van der Waals surface area contributed by atoms with Crippen LogP contribution < -0.4 is 5.32 Å². The van der Waals surface area contributed by atoms with Gasteiger partial charge in [-0.1, -0.05) is 24.8 Å². The quantitative estimate of drug-likeness (QED) is 0.840. The smallest absolute Gasteiger partial charge is 0.411 e. The molecule has 1 amide bonds. The number of hydrogen-bond donors (Lipinski definition) is 2. The molecule has 0 radical (unpaired) electrons. The van der Waals surface area contributed by atoms with Crippen molar-refractivity contribution in [3.63, 3.8) is 0 Å². The van der Waals surface area contributed by atoms with Gasteiger partial charge in [0.2, 0.25) is 0 Å². The van der Waals surface area contributed by atoms with Gasteiger partial charge in [-0.25, -0.2) is 9.59 Å². The molecule has 0 atom stereocenters. The van der Waals surface area contributed by atoms with Crippen LogP contribution in [0.4, 0.5) is 10.5 Å². The summed E-state index contributed by atoms with van der Waals surface area (Å²) in [5.41, 5.74) is 0.532. The summed E-state index contributed by atoms with van der Waals surface area (Å²) in [5.74, 6) is -0.985. The number of carbonyl (C=O) groups excluding carboxylic acids is 1. The zero-order chi connectivity index (χ0) is 13.8. The molecule has 1 aromatic heterocycles. The van der Waals surface area contributed by atoms with Gasteiger partial charge in [-0.05, 0) is 17.5 Å². The summed E-state index contributed by atoms with van der Waals surface area (Å²) < 4.78 is 5.52. The molecule has 0 unspecified atom stereocenters. The highest BCUT2D eigenvalue weighted by Crippen LogP contribution is 2.32. The number of carbonyl (C=O) groups is 2. The summed E-state index contributed by atoms with van der Waals surface area (Å²) in [6.45, 7) is 3.56. The Bertz CT molecular complexity index is 647. The van der Waals surface area contributed by atoms with Crippen LogP contribution in [0.1, 0.15) is 9.67 Å². The lowest BCUT2D eigenvalue weighted by Gasteiger charge is -2.05. The Morgan fingerprint density at radius 2 is 2.26 bits per heavy atom. The normalized spacial score (nSPS) is 10.1. The topological polar surface area (TPSA) is 75.6 Å². The highest BCUT2D eigenvalue weighted by atomic mass is 32.1. The second-order valence-electron chi connectivity index (χ2n) is 3.65. The summed E-state index contributed by atoms with van der Waals surface area (Å²) in [6, 6.07) is 6.80. The molecule has 1 heterocycles. The van der Waals surface area contributed by atoms with Crippen molar-refractivity contribution in [3.8, 4) is 0 Å². The molecular formula is C13H11NO4S. The number of rotatable bonds is 4. The number of hydrogen-bond acceptors (Lipinski definition) is 4. The third-order valence-corrected chi connectivity index (χ3v) is 3.50. The van der Waals surface area contributed by atoms with Crippen LogP contribution in [0.2, 0.25) is 0 Å². The van der Waals surface area contributed by atoms with E-state index in [4.69, 9.17) is 9.84 Å². The number of aromatic carboxylic acids is 1. The predicted molar refractivity (Wildman–Crippen MR) is 74.0 cm³/mol. The molecule has 0 saturated carbocycles. The summed E-state index contributed by atoms with van der Waals surface area (Å²) >= 11 is 1.11. The molecule has 0 spiro atoms. The number of nitrogens with one attached hydrogen (secondary N) is 1. The van der Waals surface area contributed by atoms with Gasteiger partial charge in [-0.3, -0.25) is 5.32 Å². The zero-order valence-corrected chi connectivity index (χ0v) is 10.7. The molecule has 5 nitrogen and oxygen atoms in total. The van der Waals surface area contributed by atoms with Crippen LogP contribution in [-0.2, 0) is 4.74 Å². The third-order valence-electron chi connectivity index (χ3n) is 2.32. The van der Waals surface area contributed by atoms with E-state index in [1.54, 1.807) is 24.3 Å². The van der Waals surface area contributed by atoms with E-state index in [0.717, 1.165) is 16.7 Å². The van der Waals surface area contributed by atoms with Gasteiger partial charge in [0.15, 0.2) is 0 Å². The van der Waals surface area contributed by atoms with Gasteiger partial charge in [0.25, 0.3) is 0 Å². The molecular weight excluding hydrogens is 266 g/mol. The van der Waals surface area contributed by atoms with Gasteiger partial charge >= 0.3 is 12.1 Å². The Labute approximate surface area is 113 Å². The van der Waals surface area contributed by atoms with Gasteiger partial charge < -0.3 is 9.84 Å². The average molecular weight is 277 g/mol. The molecule has 0 aliphatic heterocycles. The van der Waals surface area contributed by atoms with E-state index in [1.807, 2.05) is 0 Å². The van der Waals surface area contributed by atoms with Gasteiger partial charge in [0.1, 0.15) is 11.5 Å². The fourth-order valence-corrected chi connectivity index (χ4v) is 2.51. The molecule has 6 heteroatoms. The Morgan fingerprint density at radius 1 is 1.47 bits per heavy atom. The van der Waals surface area contributed by atoms with E-state index >= 15 is 0 Å². The standard InChI is InChI=1S/C13H11NO4S/c1-2-6-18-13(17)14-9-5-3-4-8-7-10(12(15)16)19-11(8)9/h2-5,7H,1,6H2,(H,14,17)(H,15,16). The van der Waals surface area contributed by atoms with Crippen molar-refractivity contribution in [2.24, 2.45) is 0 Å². The summed E-state index contributed by atoms with van der Waals surface area (Å²) in [7, 11) is 0. The fourth-order valence-electron chi connectivity index (χ4n) is 1.55. The van der Waals surface area contributed by atoms with Gasteiger partial charge in [-0.2, -0.15) is 0 Å². The number of carboxylic acids is 1. The number of thiophene rings is 1. The Morgan fingerprint density at radius 3 is 2.95 bits per heavy atom. The maximum absolute atomic E-state index is 11.5. The first-order chi connectivity index (χ1) is 9.11. The monoisotopic (exact) mass is 277 g/mol. The van der Waals surface area contributed by atoms with Crippen LogP contribution in [0.3, 0.4) is 0 Å². The van der Waals surface area contributed by atoms with Crippen molar-refractivity contribution in [3.05, 3.63) is 41.8 Å². The van der Waals surface area contributed by atoms with E-state index in [2.05, 4.69) is 11.9 Å². The summed E-state index contributed by atoms with van der Waals surface area (Å²) in [6.07, 6.45) is 0.867.